The van der Waals surface area contributed by atoms with Gasteiger partial charge in [-0.2, -0.15) is 13.2 Å². The Balaban J connectivity index is 2.07. The highest BCUT2D eigenvalue weighted by Gasteiger charge is 2.34. The molecule has 1 aromatic rings. The molecule has 0 spiro atoms. The first-order chi connectivity index (χ1) is 8.78. The Morgan fingerprint density at radius 3 is 2.47 bits per heavy atom. The Morgan fingerprint density at radius 2 is 1.95 bits per heavy atom. The SMILES string of the molecule is CC1CC(O)(Cc2ccc(C(F)(F)F)cc2)CCO1. The van der Waals surface area contributed by atoms with Crippen LogP contribution in [0.4, 0.5) is 13.2 Å². The lowest BCUT2D eigenvalue weighted by molar-refractivity contribution is -0.137. The third-order valence-corrected chi connectivity index (χ3v) is 3.45. The Labute approximate surface area is 110 Å². The summed E-state index contributed by atoms with van der Waals surface area (Å²) in [5.74, 6) is 0. The van der Waals surface area contributed by atoms with Crippen molar-refractivity contribution in [3.63, 3.8) is 0 Å². The lowest BCUT2D eigenvalue weighted by Gasteiger charge is -2.35. The van der Waals surface area contributed by atoms with Crippen LogP contribution >= 0.6 is 0 Å². The molecular weight excluding hydrogens is 257 g/mol. The van der Waals surface area contributed by atoms with Crippen molar-refractivity contribution in [2.75, 3.05) is 6.61 Å². The van der Waals surface area contributed by atoms with Gasteiger partial charge in [0.1, 0.15) is 0 Å². The molecule has 1 aliphatic rings. The van der Waals surface area contributed by atoms with E-state index < -0.39 is 17.3 Å². The van der Waals surface area contributed by atoms with Crippen LogP contribution in [-0.4, -0.2) is 23.4 Å². The Kier molecular flexibility index (Phi) is 3.87. The first kappa shape index (κ1) is 14.3. The minimum absolute atomic E-state index is 0.0202. The van der Waals surface area contributed by atoms with Gasteiger partial charge >= 0.3 is 6.18 Å². The standard InChI is InChI=1S/C14H17F3O2/c1-10-8-13(18,6-7-19-10)9-11-2-4-12(5-3-11)14(15,16)17/h2-5,10,18H,6-9H2,1H3. The fourth-order valence-electron chi connectivity index (χ4n) is 2.50. The molecule has 0 bridgehead atoms. The molecule has 2 nitrogen and oxygen atoms in total. The van der Waals surface area contributed by atoms with Crippen LogP contribution in [0.25, 0.3) is 0 Å². The van der Waals surface area contributed by atoms with E-state index in [1.807, 2.05) is 6.92 Å². The Hall–Kier alpha value is -1.07. The van der Waals surface area contributed by atoms with Crippen LogP contribution in [0.1, 0.15) is 30.9 Å². The Morgan fingerprint density at radius 1 is 1.32 bits per heavy atom. The molecule has 1 saturated heterocycles. The largest absolute Gasteiger partial charge is 0.416 e. The van der Waals surface area contributed by atoms with Crippen molar-refractivity contribution in [1.29, 1.82) is 0 Å². The molecule has 106 valence electrons. The maximum absolute atomic E-state index is 12.4. The molecule has 1 aliphatic heterocycles. The summed E-state index contributed by atoms with van der Waals surface area (Å²) in [6, 6.07) is 4.98. The van der Waals surface area contributed by atoms with Gasteiger partial charge in [-0.05, 0) is 31.0 Å². The number of ether oxygens (including phenoxy) is 1. The maximum atomic E-state index is 12.4. The molecule has 0 saturated carbocycles. The first-order valence-electron chi connectivity index (χ1n) is 6.29. The second kappa shape index (κ2) is 5.13. The van der Waals surface area contributed by atoms with Crippen LogP contribution in [0.3, 0.4) is 0 Å². The molecular formula is C14H17F3O2. The van der Waals surface area contributed by atoms with Crippen LogP contribution in [-0.2, 0) is 17.3 Å². The van der Waals surface area contributed by atoms with E-state index in [0.717, 1.165) is 12.1 Å². The fourth-order valence-corrected chi connectivity index (χ4v) is 2.50. The van der Waals surface area contributed by atoms with Crippen molar-refractivity contribution >= 4 is 0 Å². The molecule has 2 unspecified atom stereocenters. The highest BCUT2D eigenvalue weighted by atomic mass is 19.4. The molecule has 0 aliphatic carbocycles. The van der Waals surface area contributed by atoms with E-state index in [2.05, 4.69) is 0 Å². The van der Waals surface area contributed by atoms with Crippen LogP contribution < -0.4 is 0 Å². The van der Waals surface area contributed by atoms with E-state index in [0.29, 0.717) is 31.4 Å². The molecule has 0 aromatic heterocycles. The topological polar surface area (TPSA) is 29.5 Å². The van der Waals surface area contributed by atoms with Gasteiger partial charge in [-0.25, -0.2) is 0 Å². The van der Waals surface area contributed by atoms with Crippen molar-refractivity contribution in [3.8, 4) is 0 Å². The highest BCUT2D eigenvalue weighted by molar-refractivity contribution is 5.25. The summed E-state index contributed by atoms with van der Waals surface area (Å²) in [6.07, 6.45) is -2.96. The first-order valence-corrected chi connectivity index (χ1v) is 6.29. The summed E-state index contributed by atoms with van der Waals surface area (Å²) < 4.78 is 42.7. The van der Waals surface area contributed by atoms with Gasteiger partial charge in [0.05, 0.1) is 17.3 Å². The smallest absolute Gasteiger partial charge is 0.389 e. The van der Waals surface area contributed by atoms with Gasteiger partial charge in [0, 0.05) is 19.4 Å². The number of hydrogen-bond donors (Lipinski definition) is 1. The molecule has 5 heteroatoms. The lowest BCUT2D eigenvalue weighted by Crippen LogP contribution is -2.41. The minimum Gasteiger partial charge on any atom is -0.389 e. The number of rotatable bonds is 2. The van der Waals surface area contributed by atoms with Crippen molar-refractivity contribution < 1.29 is 23.0 Å². The second-order valence-corrected chi connectivity index (χ2v) is 5.23. The summed E-state index contributed by atoms with van der Waals surface area (Å²) >= 11 is 0. The molecule has 1 aromatic carbocycles. The molecule has 0 radical (unpaired) electrons. The van der Waals surface area contributed by atoms with E-state index in [9.17, 15) is 18.3 Å². The lowest BCUT2D eigenvalue weighted by atomic mass is 9.85. The number of benzene rings is 1. The van der Waals surface area contributed by atoms with Crippen molar-refractivity contribution in [3.05, 3.63) is 35.4 Å². The van der Waals surface area contributed by atoms with Gasteiger partial charge < -0.3 is 9.84 Å². The van der Waals surface area contributed by atoms with E-state index in [-0.39, 0.29) is 6.10 Å². The van der Waals surface area contributed by atoms with Crippen LogP contribution in [0, 0.1) is 0 Å². The molecule has 0 amide bonds. The predicted molar refractivity (Wildman–Crippen MR) is 64.7 cm³/mol. The zero-order valence-electron chi connectivity index (χ0n) is 10.7. The Bertz CT molecular complexity index is 427. The van der Waals surface area contributed by atoms with E-state index in [4.69, 9.17) is 4.74 Å². The third-order valence-electron chi connectivity index (χ3n) is 3.45. The van der Waals surface area contributed by atoms with E-state index in [1.165, 1.54) is 12.1 Å². The van der Waals surface area contributed by atoms with Crippen LogP contribution in [0.2, 0.25) is 0 Å². The number of halogens is 3. The van der Waals surface area contributed by atoms with Crippen molar-refractivity contribution in [2.45, 2.75) is 44.1 Å². The number of aliphatic hydroxyl groups is 1. The van der Waals surface area contributed by atoms with E-state index >= 15 is 0 Å². The summed E-state index contributed by atoms with van der Waals surface area (Å²) in [6.45, 7) is 2.37. The fraction of sp³-hybridized carbons (Fsp3) is 0.571. The van der Waals surface area contributed by atoms with Crippen LogP contribution in [0.15, 0.2) is 24.3 Å². The van der Waals surface area contributed by atoms with Gasteiger partial charge in [-0.3, -0.25) is 0 Å². The molecule has 1 fully saturated rings. The predicted octanol–water partition coefficient (Wildman–Crippen LogP) is 3.18. The number of hydrogen-bond acceptors (Lipinski definition) is 2. The quantitative estimate of drug-likeness (QED) is 0.897. The normalized spacial score (nSPS) is 28.4. The molecule has 1 N–H and O–H groups in total. The van der Waals surface area contributed by atoms with Gasteiger partial charge in [-0.1, -0.05) is 12.1 Å². The summed E-state index contributed by atoms with van der Waals surface area (Å²) in [4.78, 5) is 0. The van der Waals surface area contributed by atoms with Crippen molar-refractivity contribution in [1.82, 2.24) is 0 Å². The summed E-state index contributed by atoms with van der Waals surface area (Å²) in [5.41, 5.74) is -0.828. The van der Waals surface area contributed by atoms with Crippen molar-refractivity contribution in [2.24, 2.45) is 0 Å². The molecule has 19 heavy (non-hydrogen) atoms. The zero-order chi connectivity index (χ0) is 14.1. The van der Waals surface area contributed by atoms with Gasteiger partial charge in [-0.15, -0.1) is 0 Å². The molecule has 2 rings (SSSR count). The number of alkyl halides is 3. The highest BCUT2D eigenvalue weighted by Crippen LogP contribution is 2.31. The van der Waals surface area contributed by atoms with Gasteiger partial charge in [0.2, 0.25) is 0 Å². The maximum Gasteiger partial charge on any atom is 0.416 e. The van der Waals surface area contributed by atoms with Gasteiger partial charge in [0.25, 0.3) is 0 Å². The van der Waals surface area contributed by atoms with E-state index in [1.54, 1.807) is 0 Å². The monoisotopic (exact) mass is 274 g/mol. The third kappa shape index (κ3) is 3.70. The second-order valence-electron chi connectivity index (χ2n) is 5.23. The summed E-state index contributed by atoms with van der Waals surface area (Å²) in [7, 11) is 0. The minimum atomic E-state index is -4.32. The zero-order valence-corrected chi connectivity index (χ0v) is 10.7. The average molecular weight is 274 g/mol. The molecule has 1 heterocycles. The average Bonchev–Trinajstić information content (AvgIpc) is 2.27. The van der Waals surface area contributed by atoms with Crippen LogP contribution in [0.5, 0.6) is 0 Å². The van der Waals surface area contributed by atoms with Gasteiger partial charge in [0.15, 0.2) is 0 Å². The summed E-state index contributed by atoms with van der Waals surface area (Å²) in [5, 5.41) is 10.4. The molecule has 2 atom stereocenters.